The first-order valence-corrected chi connectivity index (χ1v) is 3.26. The van der Waals surface area contributed by atoms with E-state index >= 15 is 0 Å². The van der Waals surface area contributed by atoms with Gasteiger partial charge in [-0.2, -0.15) is 0 Å². The monoisotopic (exact) mass is 129 g/mol. The van der Waals surface area contributed by atoms with Crippen molar-refractivity contribution in [2.24, 2.45) is 5.41 Å². The third-order valence-electron chi connectivity index (χ3n) is 2.13. The molecule has 3 heteroatoms. The van der Waals surface area contributed by atoms with Crippen molar-refractivity contribution < 1.29 is 9.84 Å². The van der Waals surface area contributed by atoms with Crippen LogP contribution in [0.3, 0.4) is 0 Å². The van der Waals surface area contributed by atoms with Crippen LogP contribution in [0.2, 0.25) is 0 Å². The predicted molar refractivity (Wildman–Crippen MR) is 31.9 cm³/mol. The van der Waals surface area contributed by atoms with Crippen molar-refractivity contribution >= 4 is 0 Å². The van der Waals surface area contributed by atoms with Gasteiger partial charge in [0.1, 0.15) is 0 Å². The molecular weight excluding hydrogens is 118 g/mol. The van der Waals surface area contributed by atoms with E-state index in [1.165, 1.54) is 0 Å². The van der Waals surface area contributed by atoms with Crippen molar-refractivity contribution in [3.05, 3.63) is 0 Å². The Labute approximate surface area is 54.2 Å². The molecule has 2 heterocycles. The summed E-state index contributed by atoms with van der Waals surface area (Å²) < 4.78 is 5.06. The number of likely N-dealkylation sites (tertiary alicyclic amines) is 1. The lowest BCUT2D eigenvalue weighted by Gasteiger charge is -2.54. The van der Waals surface area contributed by atoms with Crippen LogP contribution in [0.1, 0.15) is 0 Å². The molecule has 1 N–H and O–H groups in total. The van der Waals surface area contributed by atoms with Crippen LogP contribution in [0, 0.1) is 5.41 Å². The number of hydrogen-bond donors (Lipinski definition) is 1. The Hall–Kier alpha value is -0.120. The van der Waals surface area contributed by atoms with Gasteiger partial charge in [0.2, 0.25) is 0 Å². The minimum absolute atomic E-state index is 0.210. The summed E-state index contributed by atoms with van der Waals surface area (Å²) in [5, 5.41) is 8.62. The Morgan fingerprint density at radius 3 is 2.44 bits per heavy atom. The molecule has 0 aromatic carbocycles. The maximum atomic E-state index is 8.62. The molecule has 1 spiro atoms. The molecule has 0 bridgehead atoms. The second-order valence-corrected chi connectivity index (χ2v) is 3.12. The molecule has 2 aliphatic rings. The van der Waals surface area contributed by atoms with Crippen molar-refractivity contribution in [1.29, 1.82) is 0 Å². The van der Waals surface area contributed by atoms with E-state index in [1.807, 2.05) is 4.90 Å². The summed E-state index contributed by atoms with van der Waals surface area (Å²) in [6, 6.07) is 0. The SMILES string of the molecule is OCN1CC2(COC2)C1. The lowest BCUT2D eigenvalue weighted by atomic mass is 9.78. The standard InChI is InChI=1S/C6H11NO2/c8-5-7-1-6(2-7)3-9-4-6/h8H,1-5H2. The van der Waals surface area contributed by atoms with Crippen LogP contribution < -0.4 is 0 Å². The zero-order valence-corrected chi connectivity index (χ0v) is 5.34. The van der Waals surface area contributed by atoms with Gasteiger partial charge in [0.05, 0.1) is 19.9 Å². The lowest BCUT2D eigenvalue weighted by molar-refractivity contribution is -0.201. The van der Waals surface area contributed by atoms with Crippen molar-refractivity contribution in [1.82, 2.24) is 4.90 Å². The number of ether oxygens (including phenoxy) is 1. The first-order valence-electron chi connectivity index (χ1n) is 3.26. The number of aliphatic hydroxyl groups excluding tert-OH is 1. The Kier molecular flexibility index (Phi) is 1.06. The Bertz CT molecular complexity index is 114. The molecule has 9 heavy (non-hydrogen) atoms. The summed E-state index contributed by atoms with van der Waals surface area (Å²) in [6.07, 6.45) is 0. The molecule has 0 aromatic rings. The van der Waals surface area contributed by atoms with Crippen LogP contribution in [0.25, 0.3) is 0 Å². The average Bonchev–Trinajstić information content (AvgIpc) is 1.59. The third-order valence-corrected chi connectivity index (χ3v) is 2.13. The molecule has 52 valence electrons. The fourth-order valence-electron chi connectivity index (χ4n) is 1.58. The minimum atomic E-state index is 0.210. The zero-order valence-electron chi connectivity index (χ0n) is 5.34. The first-order chi connectivity index (χ1) is 4.35. The molecule has 0 atom stereocenters. The summed E-state index contributed by atoms with van der Waals surface area (Å²) in [6.45, 7) is 4.09. The smallest absolute Gasteiger partial charge is 0.0956 e. The second-order valence-electron chi connectivity index (χ2n) is 3.12. The van der Waals surface area contributed by atoms with Gasteiger partial charge in [-0.05, 0) is 0 Å². The van der Waals surface area contributed by atoms with Crippen LogP contribution in [0.5, 0.6) is 0 Å². The predicted octanol–water partition coefficient (Wildman–Crippen LogP) is -0.732. The molecule has 0 aliphatic carbocycles. The van der Waals surface area contributed by atoms with Crippen molar-refractivity contribution in [3.8, 4) is 0 Å². The number of hydrogen-bond acceptors (Lipinski definition) is 3. The molecule has 2 fully saturated rings. The normalized spacial score (nSPS) is 31.7. The van der Waals surface area contributed by atoms with Crippen LogP contribution in [-0.4, -0.2) is 43.0 Å². The minimum Gasteiger partial charge on any atom is -0.381 e. The molecule has 0 aromatic heterocycles. The van der Waals surface area contributed by atoms with Gasteiger partial charge in [0.15, 0.2) is 0 Å². The summed E-state index contributed by atoms with van der Waals surface area (Å²) in [5.41, 5.74) is 0.461. The summed E-state index contributed by atoms with van der Waals surface area (Å²) in [4.78, 5) is 2.02. The van der Waals surface area contributed by atoms with Gasteiger partial charge >= 0.3 is 0 Å². The van der Waals surface area contributed by atoms with E-state index in [0.717, 1.165) is 26.3 Å². The van der Waals surface area contributed by atoms with Crippen LogP contribution in [0.15, 0.2) is 0 Å². The van der Waals surface area contributed by atoms with Gasteiger partial charge in [-0.3, -0.25) is 4.90 Å². The molecule has 2 aliphatic heterocycles. The van der Waals surface area contributed by atoms with Gasteiger partial charge < -0.3 is 9.84 Å². The Morgan fingerprint density at radius 2 is 2.11 bits per heavy atom. The van der Waals surface area contributed by atoms with E-state index in [4.69, 9.17) is 9.84 Å². The fourth-order valence-corrected chi connectivity index (χ4v) is 1.58. The van der Waals surface area contributed by atoms with Gasteiger partial charge in [-0.25, -0.2) is 0 Å². The van der Waals surface area contributed by atoms with E-state index in [0.29, 0.717) is 5.41 Å². The Balaban J connectivity index is 1.82. The fraction of sp³-hybridized carbons (Fsp3) is 1.00. The van der Waals surface area contributed by atoms with Gasteiger partial charge in [-0.15, -0.1) is 0 Å². The van der Waals surface area contributed by atoms with Crippen LogP contribution in [-0.2, 0) is 4.74 Å². The summed E-state index contributed by atoms with van der Waals surface area (Å²) in [5.74, 6) is 0. The highest BCUT2D eigenvalue weighted by atomic mass is 16.5. The van der Waals surface area contributed by atoms with Gasteiger partial charge in [0.25, 0.3) is 0 Å². The number of aliphatic hydroxyl groups is 1. The van der Waals surface area contributed by atoms with E-state index < -0.39 is 0 Å². The quantitative estimate of drug-likeness (QED) is 0.506. The van der Waals surface area contributed by atoms with Crippen LogP contribution in [0.4, 0.5) is 0 Å². The lowest BCUT2D eigenvalue weighted by Crippen LogP contribution is -2.65. The van der Waals surface area contributed by atoms with E-state index in [-0.39, 0.29) is 6.73 Å². The second kappa shape index (κ2) is 1.68. The molecule has 2 saturated heterocycles. The van der Waals surface area contributed by atoms with Crippen LogP contribution >= 0.6 is 0 Å². The van der Waals surface area contributed by atoms with E-state index in [1.54, 1.807) is 0 Å². The van der Waals surface area contributed by atoms with Crippen molar-refractivity contribution in [2.75, 3.05) is 33.0 Å². The largest absolute Gasteiger partial charge is 0.381 e. The Morgan fingerprint density at radius 1 is 1.44 bits per heavy atom. The highest BCUT2D eigenvalue weighted by Crippen LogP contribution is 2.36. The zero-order chi connectivity index (χ0) is 6.32. The van der Waals surface area contributed by atoms with E-state index in [2.05, 4.69) is 0 Å². The highest BCUT2D eigenvalue weighted by molar-refractivity contribution is 4.98. The third kappa shape index (κ3) is 0.689. The summed E-state index contributed by atoms with van der Waals surface area (Å²) >= 11 is 0. The van der Waals surface area contributed by atoms with Crippen molar-refractivity contribution in [3.63, 3.8) is 0 Å². The summed E-state index contributed by atoms with van der Waals surface area (Å²) in [7, 11) is 0. The number of nitrogens with zero attached hydrogens (tertiary/aromatic N) is 1. The molecular formula is C6H11NO2. The van der Waals surface area contributed by atoms with Crippen molar-refractivity contribution in [2.45, 2.75) is 0 Å². The molecule has 0 radical (unpaired) electrons. The maximum Gasteiger partial charge on any atom is 0.0956 e. The first kappa shape index (κ1) is 5.65. The highest BCUT2D eigenvalue weighted by Gasteiger charge is 2.48. The van der Waals surface area contributed by atoms with Gasteiger partial charge in [0, 0.05) is 18.5 Å². The molecule has 0 amide bonds. The maximum absolute atomic E-state index is 8.62. The molecule has 0 saturated carbocycles. The molecule has 0 unspecified atom stereocenters. The number of rotatable bonds is 1. The molecule has 3 nitrogen and oxygen atoms in total. The van der Waals surface area contributed by atoms with Gasteiger partial charge in [-0.1, -0.05) is 0 Å². The topological polar surface area (TPSA) is 32.7 Å². The molecule has 2 rings (SSSR count). The van der Waals surface area contributed by atoms with E-state index in [9.17, 15) is 0 Å². The average molecular weight is 129 g/mol.